The van der Waals surface area contributed by atoms with Crippen LogP contribution < -0.4 is 4.72 Å². The van der Waals surface area contributed by atoms with Crippen molar-refractivity contribution in [3.63, 3.8) is 0 Å². The van der Waals surface area contributed by atoms with Crippen LogP contribution in [-0.2, 0) is 28.9 Å². The Morgan fingerprint density at radius 3 is 2.52 bits per heavy atom. The Bertz CT molecular complexity index is 637. The number of benzene rings is 1. The van der Waals surface area contributed by atoms with Gasteiger partial charge in [-0.15, -0.1) is 0 Å². The molecule has 0 saturated heterocycles. The molecule has 2 aromatic rings. The van der Waals surface area contributed by atoms with Crippen LogP contribution in [-0.4, -0.2) is 29.8 Å². The second-order valence-corrected chi connectivity index (χ2v) is 6.56. The summed E-state index contributed by atoms with van der Waals surface area (Å²) in [5.41, 5.74) is 1.47. The van der Waals surface area contributed by atoms with E-state index in [9.17, 15) is 8.42 Å². The minimum atomic E-state index is -3.34. The van der Waals surface area contributed by atoms with Crippen LogP contribution in [0.25, 0.3) is 0 Å². The SMILES string of the molecule is O=S(=O)(Cc1ccc(CO)cc1)NCCCn1cccn1. The van der Waals surface area contributed by atoms with Gasteiger partial charge in [-0.25, -0.2) is 13.1 Å². The van der Waals surface area contributed by atoms with Crippen molar-refractivity contribution in [2.24, 2.45) is 0 Å². The number of hydrogen-bond donors (Lipinski definition) is 2. The average Bonchev–Trinajstić information content (AvgIpc) is 2.97. The first-order chi connectivity index (χ1) is 10.1. The molecular weight excluding hydrogens is 290 g/mol. The van der Waals surface area contributed by atoms with Crippen LogP contribution in [0.2, 0.25) is 0 Å². The lowest BCUT2D eigenvalue weighted by atomic mass is 10.2. The van der Waals surface area contributed by atoms with Gasteiger partial charge in [-0.05, 0) is 23.6 Å². The maximum Gasteiger partial charge on any atom is 0.215 e. The van der Waals surface area contributed by atoms with Crippen molar-refractivity contribution >= 4 is 10.0 Å². The zero-order chi connectivity index (χ0) is 15.1. The molecule has 21 heavy (non-hydrogen) atoms. The van der Waals surface area contributed by atoms with Crippen molar-refractivity contribution in [2.75, 3.05) is 6.54 Å². The lowest BCUT2D eigenvalue weighted by Crippen LogP contribution is -2.26. The van der Waals surface area contributed by atoms with Gasteiger partial charge in [0, 0.05) is 25.5 Å². The molecule has 0 fully saturated rings. The molecule has 0 amide bonds. The number of sulfonamides is 1. The van der Waals surface area contributed by atoms with Crippen molar-refractivity contribution in [2.45, 2.75) is 25.3 Å². The standard InChI is InChI=1S/C14H19N3O3S/c18-11-13-3-5-14(6-4-13)12-21(19,20)16-8-2-10-17-9-1-7-15-17/h1,3-7,9,16,18H,2,8,10-12H2. The highest BCUT2D eigenvalue weighted by atomic mass is 32.2. The second kappa shape index (κ2) is 7.35. The maximum absolute atomic E-state index is 11.9. The van der Waals surface area contributed by atoms with E-state index in [4.69, 9.17) is 5.11 Å². The van der Waals surface area contributed by atoms with Gasteiger partial charge in [-0.1, -0.05) is 24.3 Å². The van der Waals surface area contributed by atoms with Crippen molar-refractivity contribution in [1.29, 1.82) is 0 Å². The molecule has 1 aromatic heterocycles. The van der Waals surface area contributed by atoms with E-state index in [0.29, 0.717) is 25.1 Å². The van der Waals surface area contributed by atoms with Crippen LogP contribution in [0.1, 0.15) is 17.5 Å². The number of aliphatic hydroxyl groups is 1. The van der Waals surface area contributed by atoms with Crippen LogP contribution >= 0.6 is 0 Å². The predicted molar refractivity (Wildman–Crippen MR) is 79.8 cm³/mol. The topological polar surface area (TPSA) is 84.2 Å². The zero-order valence-electron chi connectivity index (χ0n) is 11.6. The number of rotatable bonds is 8. The second-order valence-electron chi connectivity index (χ2n) is 4.75. The van der Waals surface area contributed by atoms with E-state index in [1.807, 2.05) is 12.3 Å². The average molecular weight is 309 g/mol. The molecule has 0 aliphatic carbocycles. The molecule has 114 valence electrons. The third-order valence-electron chi connectivity index (χ3n) is 3.01. The summed E-state index contributed by atoms with van der Waals surface area (Å²) >= 11 is 0. The Morgan fingerprint density at radius 2 is 1.90 bits per heavy atom. The molecule has 0 aliphatic heterocycles. The van der Waals surface area contributed by atoms with Gasteiger partial charge in [-0.3, -0.25) is 4.68 Å². The molecule has 1 aromatic carbocycles. The van der Waals surface area contributed by atoms with Crippen LogP contribution in [0.15, 0.2) is 42.7 Å². The Labute approximate surface area is 124 Å². The fraction of sp³-hybridized carbons (Fsp3) is 0.357. The third kappa shape index (κ3) is 5.30. The first-order valence-corrected chi connectivity index (χ1v) is 8.38. The summed E-state index contributed by atoms with van der Waals surface area (Å²) in [5, 5.41) is 13.0. The smallest absolute Gasteiger partial charge is 0.215 e. The Kier molecular flexibility index (Phi) is 5.49. The summed E-state index contributed by atoms with van der Waals surface area (Å²) in [6.45, 7) is 1.02. The normalized spacial score (nSPS) is 11.7. The number of aromatic nitrogens is 2. The fourth-order valence-electron chi connectivity index (χ4n) is 1.91. The van der Waals surface area contributed by atoms with E-state index in [1.54, 1.807) is 35.1 Å². The minimum absolute atomic E-state index is 0.0429. The predicted octanol–water partition coefficient (Wildman–Crippen LogP) is 0.885. The van der Waals surface area contributed by atoms with Crippen LogP contribution in [0.5, 0.6) is 0 Å². The van der Waals surface area contributed by atoms with Crippen molar-refractivity contribution in [3.8, 4) is 0 Å². The molecule has 6 nitrogen and oxygen atoms in total. The third-order valence-corrected chi connectivity index (χ3v) is 4.36. The van der Waals surface area contributed by atoms with Crippen molar-refractivity contribution in [3.05, 3.63) is 53.9 Å². The highest BCUT2D eigenvalue weighted by molar-refractivity contribution is 7.88. The zero-order valence-corrected chi connectivity index (χ0v) is 12.5. The highest BCUT2D eigenvalue weighted by Crippen LogP contribution is 2.07. The molecule has 0 radical (unpaired) electrons. The van der Waals surface area contributed by atoms with Gasteiger partial charge < -0.3 is 5.11 Å². The first-order valence-electron chi connectivity index (χ1n) is 6.72. The number of aliphatic hydroxyl groups excluding tert-OH is 1. The Balaban J connectivity index is 1.78. The minimum Gasteiger partial charge on any atom is -0.392 e. The van der Waals surface area contributed by atoms with Crippen LogP contribution in [0.4, 0.5) is 0 Å². The van der Waals surface area contributed by atoms with Gasteiger partial charge in [0.05, 0.1) is 12.4 Å². The maximum atomic E-state index is 11.9. The highest BCUT2D eigenvalue weighted by Gasteiger charge is 2.10. The molecule has 2 N–H and O–H groups in total. The van der Waals surface area contributed by atoms with Crippen LogP contribution in [0, 0.1) is 0 Å². The largest absolute Gasteiger partial charge is 0.392 e. The van der Waals surface area contributed by atoms with Gasteiger partial charge >= 0.3 is 0 Å². The van der Waals surface area contributed by atoms with E-state index >= 15 is 0 Å². The van der Waals surface area contributed by atoms with E-state index in [2.05, 4.69) is 9.82 Å². The molecule has 2 rings (SSSR count). The summed E-state index contributed by atoms with van der Waals surface area (Å²) in [6.07, 6.45) is 4.22. The Hall–Kier alpha value is -1.70. The monoisotopic (exact) mass is 309 g/mol. The molecule has 0 saturated carbocycles. The summed E-state index contributed by atoms with van der Waals surface area (Å²) in [7, 11) is -3.34. The molecule has 1 heterocycles. The number of aryl methyl sites for hydroxylation is 1. The lowest BCUT2D eigenvalue weighted by Gasteiger charge is -2.07. The first kappa shape index (κ1) is 15.7. The van der Waals surface area contributed by atoms with Crippen molar-refractivity contribution < 1.29 is 13.5 Å². The summed E-state index contributed by atoms with van der Waals surface area (Å²) in [6, 6.07) is 8.72. The molecule has 0 aliphatic rings. The fourth-order valence-corrected chi connectivity index (χ4v) is 3.10. The quantitative estimate of drug-likeness (QED) is 0.709. The van der Waals surface area contributed by atoms with Crippen molar-refractivity contribution in [1.82, 2.24) is 14.5 Å². The van der Waals surface area contributed by atoms with E-state index in [1.165, 1.54) is 0 Å². The molecule has 0 bridgehead atoms. The van der Waals surface area contributed by atoms with Crippen LogP contribution in [0.3, 0.4) is 0 Å². The van der Waals surface area contributed by atoms with Gasteiger partial charge in [-0.2, -0.15) is 5.10 Å². The molecular formula is C14H19N3O3S. The molecule has 0 unspecified atom stereocenters. The molecule has 0 atom stereocenters. The number of hydrogen-bond acceptors (Lipinski definition) is 4. The molecule has 7 heteroatoms. The Morgan fingerprint density at radius 1 is 1.19 bits per heavy atom. The van der Waals surface area contributed by atoms with E-state index < -0.39 is 10.0 Å². The van der Waals surface area contributed by atoms with E-state index in [-0.39, 0.29) is 12.4 Å². The summed E-state index contributed by atoms with van der Waals surface area (Å²) < 4.78 is 28.2. The van der Waals surface area contributed by atoms with E-state index in [0.717, 1.165) is 5.56 Å². The number of nitrogens with zero attached hydrogens (tertiary/aromatic N) is 2. The molecule has 0 spiro atoms. The van der Waals surface area contributed by atoms with Gasteiger partial charge in [0.15, 0.2) is 0 Å². The lowest BCUT2D eigenvalue weighted by molar-refractivity contribution is 0.282. The van der Waals surface area contributed by atoms with Gasteiger partial charge in [0.25, 0.3) is 0 Å². The number of nitrogens with one attached hydrogen (secondary N) is 1. The van der Waals surface area contributed by atoms with Gasteiger partial charge in [0.1, 0.15) is 0 Å². The summed E-state index contributed by atoms with van der Waals surface area (Å²) in [5.74, 6) is -0.0551. The summed E-state index contributed by atoms with van der Waals surface area (Å²) in [4.78, 5) is 0. The van der Waals surface area contributed by atoms with Gasteiger partial charge in [0.2, 0.25) is 10.0 Å².